The zero-order chi connectivity index (χ0) is 10.8. The van der Waals surface area contributed by atoms with Crippen molar-refractivity contribution in [1.29, 1.82) is 0 Å². The zero-order valence-electron chi connectivity index (χ0n) is 8.40. The smallest absolute Gasteiger partial charge is 0.267 e. The first kappa shape index (κ1) is 9.71. The fourth-order valence-electron chi connectivity index (χ4n) is 1.57. The topological polar surface area (TPSA) is 46.6 Å². The van der Waals surface area contributed by atoms with Crippen LogP contribution in [0.1, 0.15) is 17.3 Å². The molecule has 0 atom stereocenters. The van der Waals surface area contributed by atoms with Gasteiger partial charge < -0.3 is 4.74 Å². The summed E-state index contributed by atoms with van der Waals surface area (Å²) < 4.78 is 5.25. The molecule has 4 nitrogen and oxygen atoms in total. The number of likely N-dealkylation sites (N-methyl/N-ethyl adjacent to an activating group) is 1. The minimum absolute atomic E-state index is 0.0728. The minimum atomic E-state index is -0.293. The highest BCUT2D eigenvalue weighted by atomic mass is 16.5. The van der Waals surface area contributed by atoms with E-state index in [0.29, 0.717) is 17.9 Å². The van der Waals surface area contributed by atoms with E-state index in [1.807, 2.05) is 0 Å². The van der Waals surface area contributed by atoms with Crippen LogP contribution in [0.15, 0.2) is 24.3 Å². The van der Waals surface area contributed by atoms with E-state index in [9.17, 15) is 9.59 Å². The number of rotatable bonds is 1. The number of imide groups is 1. The second kappa shape index (κ2) is 3.73. The van der Waals surface area contributed by atoms with Gasteiger partial charge in [0.05, 0.1) is 5.56 Å². The number of hydrogen-bond donors (Lipinski definition) is 0. The number of ether oxygens (including phenoxy) is 1. The Balaban J connectivity index is 2.47. The molecule has 2 amide bonds. The molecule has 0 saturated heterocycles. The Labute approximate surface area is 87.4 Å². The van der Waals surface area contributed by atoms with Gasteiger partial charge in [-0.2, -0.15) is 0 Å². The number of para-hydroxylation sites is 1. The molecule has 1 heterocycles. The van der Waals surface area contributed by atoms with Gasteiger partial charge >= 0.3 is 0 Å². The number of hydrogen-bond acceptors (Lipinski definition) is 3. The lowest BCUT2D eigenvalue weighted by molar-refractivity contribution is -0.130. The Morgan fingerprint density at radius 3 is 2.80 bits per heavy atom. The van der Waals surface area contributed by atoms with Gasteiger partial charge in [-0.1, -0.05) is 12.1 Å². The van der Waals surface area contributed by atoms with Gasteiger partial charge in [-0.15, -0.1) is 0 Å². The molecule has 0 fully saturated rings. The maximum Gasteiger partial charge on any atom is 0.267 e. The van der Waals surface area contributed by atoms with Gasteiger partial charge in [0.15, 0.2) is 6.61 Å². The molecule has 1 aromatic rings. The summed E-state index contributed by atoms with van der Waals surface area (Å²) in [5.74, 6) is -0.0962. The van der Waals surface area contributed by atoms with Crippen LogP contribution in [0.25, 0.3) is 0 Å². The van der Waals surface area contributed by atoms with E-state index >= 15 is 0 Å². The number of nitrogens with zero attached hydrogens (tertiary/aromatic N) is 1. The van der Waals surface area contributed by atoms with Crippen molar-refractivity contribution in [2.75, 3.05) is 13.2 Å². The summed E-state index contributed by atoms with van der Waals surface area (Å²) in [6, 6.07) is 6.89. The molecule has 0 aliphatic carbocycles. The molecule has 15 heavy (non-hydrogen) atoms. The van der Waals surface area contributed by atoms with Crippen molar-refractivity contribution in [1.82, 2.24) is 4.90 Å². The molecule has 0 aromatic heterocycles. The molecular formula is C11H11NO3. The number of carbonyl (C=O) groups is 2. The Bertz CT molecular complexity index is 414. The van der Waals surface area contributed by atoms with Crippen LogP contribution in [0.3, 0.4) is 0 Å². The molecule has 1 aromatic carbocycles. The lowest BCUT2D eigenvalue weighted by atomic mass is 10.2. The molecule has 1 aliphatic heterocycles. The van der Waals surface area contributed by atoms with E-state index in [2.05, 4.69) is 0 Å². The van der Waals surface area contributed by atoms with Crippen molar-refractivity contribution in [2.45, 2.75) is 6.92 Å². The van der Waals surface area contributed by atoms with E-state index < -0.39 is 0 Å². The average Bonchev–Trinajstić information content (AvgIpc) is 2.38. The van der Waals surface area contributed by atoms with Gasteiger partial charge in [-0.3, -0.25) is 14.5 Å². The van der Waals surface area contributed by atoms with Gasteiger partial charge in [0.2, 0.25) is 0 Å². The quantitative estimate of drug-likeness (QED) is 0.644. The normalized spacial score (nSPS) is 15.7. The second-order valence-corrected chi connectivity index (χ2v) is 3.23. The van der Waals surface area contributed by atoms with E-state index in [1.165, 1.54) is 4.90 Å². The van der Waals surface area contributed by atoms with E-state index in [4.69, 9.17) is 4.74 Å². The maximum atomic E-state index is 11.9. The fraction of sp³-hybridized carbons (Fsp3) is 0.273. The number of carbonyl (C=O) groups excluding carboxylic acids is 2. The third kappa shape index (κ3) is 1.58. The first-order valence-corrected chi connectivity index (χ1v) is 4.80. The average molecular weight is 205 g/mol. The highest BCUT2D eigenvalue weighted by molar-refractivity contribution is 6.07. The monoisotopic (exact) mass is 205 g/mol. The van der Waals surface area contributed by atoms with Crippen molar-refractivity contribution < 1.29 is 14.3 Å². The van der Waals surface area contributed by atoms with E-state index in [-0.39, 0.29) is 18.4 Å². The fourth-order valence-corrected chi connectivity index (χ4v) is 1.57. The number of amides is 2. The third-order valence-electron chi connectivity index (χ3n) is 2.33. The van der Waals surface area contributed by atoms with Gasteiger partial charge in [-0.25, -0.2) is 0 Å². The summed E-state index contributed by atoms with van der Waals surface area (Å²) in [5, 5.41) is 0. The summed E-state index contributed by atoms with van der Waals surface area (Å²) in [4.78, 5) is 24.6. The molecule has 0 unspecified atom stereocenters. The SMILES string of the molecule is CCN1C(=O)COc2ccccc2C1=O. The molecule has 78 valence electrons. The molecule has 0 bridgehead atoms. The first-order chi connectivity index (χ1) is 7.24. The van der Waals surface area contributed by atoms with Crippen molar-refractivity contribution in [3.63, 3.8) is 0 Å². The first-order valence-electron chi connectivity index (χ1n) is 4.80. The largest absolute Gasteiger partial charge is 0.483 e. The predicted molar refractivity (Wildman–Crippen MR) is 53.7 cm³/mol. The van der Waals surface area contributed by atoms with Gasteiger partial charge in [0.25, 0.3) is 11.8 Å². The standard InChI is InChI=1S/C11H11NO3/c1-2-12-10(13)7-15-9-6-4-3-5-8(9)11(12)14/h3-6H,2,7H2,1H3. The molecular weight excluding hydrogens is 194 g/mol. The van der Waals surface area contributed by atoms with Crippen LogP contribution in [0.4, 0.5) is 0 Å². The van der Waals surface area contributed by atoms with Crippen LogP contribution < -0.4 is 4.74 Å². The molecule has 0 spiro atoms. The van der Waals surface area contributed by atoms with Gasteiger partial charge in [-0.05, 0) is 19.1 Å². The van der Waals surface area contributed by atoms with Gasteiger partial charge in [0.1, 0.15) is 5.75 Å². The summed E-state index contributed by atoms with van der Waals surface area (Å²) >= 11 is 0. The van der Waals surface area contributed by atoms with Crippen LogP contribution in [-0.4, -0.2) is 29.9 Å². The summed E-state index contributed by atoms with van der Waals surface area (Å²) in [5.41, 5.74) is 0.449. The van der Waals surface area contributed by atoms with Crippen molar-refractivity contribution in [3.8, 4) is 5.75 Å². The van der Waals surface area contributed by atoms with Crippen molar-refractivity contribution >= 4 is 11.8 Å². The Hall–Kier alpha value is -1.84. The Morgan fingerprint density at radius 2 is 2.07 bits per heavy atom. The third-order valence-corrected chi connectivity index (χ3v) is 2.33. The van der Waals surface area contributed by atoms with Crippen LogP contribution in [-0.2, 0) is 4.79 Å². The van der Waals surface area contributed by atoms with Gasteiger partial charge in [0, 0.05) is 6.54 Å². The molecule has 1 aliphatic rings. The molecule has 2 rings (SSSR count). The lowest BCUT2D eigenvalue weighted by Crippen LogP contribution is -2.37. The summed E-state index contributed by atoms with van der Waals surface area (Å²) in [6.45, 7) is 2.07. The van der Waals surface area contributed by atoms with E-state index in [1.54, 1.807) is 31.2 Å². The highest BCUT2D eigenvalue weighted by Gasteiger charge is 2.27. The second-order valence-electron chi connectivity index (χ2n) is 3.23. The Morgan fingerprint density at radius 1 is 1.33 bits per heavy atom. The van der Waals surface area contributed by atoms with E-state index in [0.717, 1.165) is 0 Å². The number of fused-ring (bicyclic) bond motifs is 1. The highest BCUT2D eigenvalue weighted by Crippen LogP contribution is 2.22. The summed E-state index contributed by atoms with van der Waals surface area (Å²) in [7, 11) is 0. The molecule has 4 heteroatoms. The maximum absolute atomic E-state index is 11.9. The Kier molecular flexibility index (Phi) is 2.41. The van der Waals surface area contributed by atoms with Crippen LogP contribution in [0.2, 0.25) is 0 Å². The van der Waals surface area contributed by atoms with Crippen LogP contribution in [0.5, 0.6) is 5.75 Å². The predicted octanol–water partition coefficient (Wildman–Crippen LogP) is 1.07. The zero-order valence-corrected chi connectivity index (χ0v) is 8.40. The molecule has 0 saturated carbocycles. The number of benzene rings is 1. The minimum Gasteiger partial charge on any atom is -0.483 e. The van der Waals surface area contributed by atoms with Crippen LogP contribution >= 0.6 is 0 Å². The van der Waals surface area contributed by atoms with Crippen LogP contribution in [0, 0.1) is 0 Å². The van der Waals surface area contributed by atoms with Crippen molar-refractivity contribution in [3.05, 3.63) is 29.8 Å². The molecule has 0 N–H and O–H groups in total. The molecule has 0 radical (unpaired) electrons. The lowest BCUT2D eigenvalue weighted by Gasteiger charge is -2.14. The van der Waals surface area contributed by atoms with Crippen molar-refractivity contribution in [2.24, 2.45) is 0 Å². The summed E-state index contributed by atoms with van der Waals surface area (Å²) in [6.07, 6.45) is 0.